The number of carbonyl (C=O) groups is 1. The molecule has 0 bridgehead atoms. The molecule has 0 amide bonds. The summed E-state index contributed by atoms with van der Waals surface area (Å²) in [6.45, 7) is 13.8. The fraction of sp³-hybridized carbons (Fsp3) is 0.348. The average molecular weight is 700 g/mol. The fourth-order valence-electron chi connectivity index (χ4n) is 3.10. The first-order valence-corrected chi connectivity index (χ1v) is 12.9. The van der Waals surface area contributed by atoms with Crippen LogP contribution in [0, 0.1) is 0 Å². The van der Waals surface area contributed by atoms with E-state index in [0.717, 1.165) is 11.1 Å². The van der Waals surface area contributed by atoms with Crippen molar-refractivity contribution in [2.75, 3.05) is 13.2 Å². The van der Waals surface area contributed by atoms with Gasteiger partial charge in [-0.3, -0.25) is 0 Å². The van der Waals surface area contributed by atoms with Gasteiger partial charge in [0.05, 0.1) is 22.2 Å². The highest BCUT2D eigenvalue weighted by molar-refractivity contribution is 9.11. The van der Waals surface area contributed by atoms with E-state index in [1.165, 1.54) is 0 Å². The minimum Gasteiger partial charge on any atom is -0.505 e. The van der Waals surface area contributed by atoms with Gasteiger partial charge in [-0.15, -0.1) is 0 Å². The molecule has 0 aliphatic rings. The van der Waals surface area contributed by atoms with Crippen LogP contribution in [0.25, 0.3) is 0 Å². The number of phenolic OH excluding ortho intramolecular Hbond substituents is 1. The third kappa shape index (κ3) is 5.37. The molecule has 2 aromatic carbocycles. The summed E-state index contributed by atoms with van der Waals surface area (Å²) in [4.78, 5) is 12.0. The minimum atomic E-state index is -0.643. The Morgan fingerprint density at radius 2 is 1.41 bits per heavy atom. The number of hydrogen-bond acceptors (Lipinski definition) is 5. The Bertz CT molecular complexity index is 1010. The molecule has 0 unspecified atom stereocenters. The summed E-state index contributed by atoms with van der Waals surface area (Å²) < 4.78 is 19.4. The first kappa shape index (κ1) is 27.2. The van der Waals surface area contributed by atoms with E-state index in [4.69, 9.17) is 14.2 Å². The monoisotopic (exact) mass is 696 g/mol. The largest absolute Gasteiger partial charge is 0.505 e. The number of rotatable bonds is 8. The Kier molecular flexibility index (Phi) is 9.30. The van der Waals surface area contributed by atoms with Crippen LogP contribution in [0.3, 0.4) is 0 Å². The Morgan fingerprint density at radius 3 is 1.78 bits per heavy atom. The molecule has 0 aliphatic heterocycles. The lowest BCUT2D eigenvalue weighted by atomic mass is 9.77. The number of hydrogen-bond donors (Lipinski definition) is 1. The fourth-order valence-corrected chi connectivity index (χ4v) is 5.74. The van der Waals surface area contributed by atoms with E-state index in [0.29, 0.717) is 53.9 Å². The van der Waals surface area contributed by atoms with Crippen LogP contribution in [-0.2, 0) is 10.2 Å². The molecule has 0 aromatic heterocycles. The standard InChI is InChI=1S/C23H24Br4O5/c1-7-30-20-15(21(31-8-2)17(27)18(28)16(20)26)23(5,6)12-9-13(24)19(14(25)10-12)32-22(29)11(3)4/h9-10,28H,3,7-8H2,1-2,4-6H3. The van der Waals surface area contributed by atoms with E-state index >= 15 is 0 Å². The van der Waals surface area contributed by atoms with Crippen molar-refractivity contribution in [3.8, 4) is 23.0 Å². The molecular weight excluding hydrogens is 676 g/mol. The second-order valence-electron chi connectivity index (χ2n) is 7.44. The lowest BCUT2D eigenvalue weighted by molar-refractivity contribution is -0.130. The molecule has 1 N–H and O–H groups in total. The molecule has 0 saturated heterocycles. The van der Waals surface area contributed by atoms with Crippen molar-refractivity contribution >= 4 is 69.7 Å². The molecule has 0 heterocycles. The quantitative estimate of drug-likeness (QED) is 0.172. The normalized spacial score (nSPS) is 11.3. The van der Waals surface area contributed by atoms with Crippen molar-refractivity contribution in [3.05, 3.63) is 53.3 Å². The zero-order valence-electron chi connectivity index (χ0n) is 18.4. The minimum absolute atomic E-state index is 0.000802. The van der Waals surface area contributed by atoms with Crippen LogP contribution in [0.15, 0.2) is 42.2 Å². The van der Waals surface area contributed by atoms with E-state index in [1.54, 1.807) is 6.92 Å². The van der Waals surface area contributed by atoms with Gasteiger partial charge >= 0.3 is 5.97 Å². The lowest BCUT2D eigenvalue weighted by Gasteiger charge is -2.32. The third-order valence-electron chi connectivity index (χ3n) is 4.73. The van der Waals surface area contributed by atoms with Crippen molar-refractivity contribution in [3.63, 3.8) is 0 Å². The summed E-state index contributed by atoms with van der Waals surface area (Å²) in [5, 5.41) is 10.6. The van der Waals surface area contributed by atoms with E-state index in [2.05, 4.69) is 70.3 Å². The van der Waals surface area contributed by atoms with Crippen LogP contribution in [0.1, 0.15) is 45.7 Å². The smallest absolute Gasteiger partial charge is 0.338 e. The van der Waals surface area contributed by atoms with E-state index in [9.17, 15) is 9.90 Å². The summed E-state index contributed by atoms with van der Waals surface area (Å²) in [5.74, 6) is 0.835. The second kappa shape index (κ2) is 10.9. The maximum atomic E-state index is 12.0. The van der Waals surface area contributed by atoms with Gasteiger partial charge in [-0.05, 0) is 102 Å². The van der Waals surface area contributed by atoms with Gasteiger partial charge < -0.3 is 19.3 Å². The summed E-state index contributed by atoms with van der Waals surface area (Å²) in [6, 6.07) is 3.76. The summed E-state index contributed by atoms with van der Waals surface area (Å²) in [5.41, 5.74) is 1.30. The van der Waals surface area contributed by atoms with Crippen LogP contribution in [-0.4, -0.2) is 24.3 Å². The maximum Gasteiger partial charge on any atom is 0.338 e. The Balaban J connectivity index is 2.77. The Morgan fingerprint density at radius 1 is 0.969 bits per heavy atom. The topological polar surface area (TPSA) is 65.0 Å². The summed E-state index contributed by atoms with van der Waals surface area (Å²) in [6.07, 6.45) is 0. The van der Waals surface area contributed by atoms with Crippen molar-refractivity contribution in [2.45, 2.75) is 40.0 Å². The number of esters is 1. The average Bonchev–Trinajstić information content (AvgIpc) is 2.72. The SMILES string of the molecule is C=C(C)C(=O)Oc1c(Br)cc(C(C)(C)c2c(OCC)c(Br)c(O)c(Br)c2OCC)cc1Br. The van der Waals surface area contributed by atoms with Crippen molar-refractivity contribution < 1.29 is 24.1 Å². The van der Waals surface area contributed by atoms with E-state index < -0.39 is 11.4 Å². The highest BCUT2D eigenvalue weighted by atomic mass is 79.9. The van der Waals surface area contributed by atoms with E-state index in [-0.39, 0.29) is 5.75 Å². The molecule has 2 rings (SSSR count). The highest BCUT2D eigenvalue weighted by Crippen LogP contribution is 2.55. The summed E-state index contributed by atoms with van der Waals surface area (Å²) >= 11 is 14.0. The molecule has 174 valence electrons. The van der Waals surface area contributed by atoms with Gasteiger partial charge in [0.15, 0.2) is 11.5 Å². The van der Waals surface area contributed by atoms with Crippen molar-refractivity contribution in [2.24, 2.45) is 0 Å². The molecule has 32 heavy (non-hydrogen) atoms. The molecule has 0 fully saturated rings. The highest BCUT2D eigenvalue weighted by Gasteiger charge is 2.36. The van der Waals surface area contributed by atoms with Crippen LogP contribution in [0.2, 0.25) is 0 Å². The lowest BCUT2D eigenvalue weighted by Crippen LogP contribution is -2.23. The number of halogens is 4. The molecule has 0 aliphatic carbocycles. The molecule has 0 saturated carbocycles. The Labute approximate surface area is 222 Å². The summed E-state index contributed by atoms with van der Waals surface area (Å²) in [7, 11) is 0. The number of benzene rings is 2. The van der Waals surface area contributed by atoms with Crippen molar-refractivity contribution in [1.82, 2.24) is 0 Å². The zero-order valence-corrected chi connectivity index (χ0v) is 24.7. The molecule has 5 nitrogen and oxygen atoms in total. The number of aromatic hydroxyl groups is 1. The van der Waals surface area contributed by atoms with Gasteiger partial charge in [-0.1, -0.05) is 20.4 Å². The number of ether oxygens (including phenoxy) is 3. The van der Waals surface area contributed by atoms with Crippen LogP contribution < -0.4 is 14.2 Å². The molecule has 0 atom stereocenters. The molecular formula is C23H24Br4O5. The molecule has 2 aromatic rings. The van der Waals surface area contributed by atoms with Gasteiger partial charge in [0.2, 0.25) is 0 Å². The van der Waals surface area contributed by atoms with Gasteiger partial charge in [0, 0.05) is 16.6 Å². The van der Waals surface area contributed by atoms with Gasteiger partial charge in [0.1, 0.15) is 20.4 Å². The second-order valence-corrected chi connectivity index (χ2v) is 10.7. The molecule has 0 spiro atoms. The van der Waals surface area contributed by atoms with Crippen LogP contribution >= 0.6 is 63.7 Å². The van der Waals surface area contributed by atoms with Gasteiger partial charge in [0.25, 0.3) is 0 Å². The third-order valence-corrected chi connectivity index (χ3v) is 7.38. The number of phenols is 1. The zero-order chi connectivity index (χ0) is 24.4. The first-order chi connectivity index (χ1) is 14.9. The predicted octanol–water partition coefficient (Wildman–Crippen LogP) is 8.05. The van der Waals surface area contributed by atoms with E-state index in [1.807, 2.05) is 39.8 Å². The van der Waals surface area contributed by atoms with Crippen molar-refractivity contribution in [1.29, 1.82) is 0 Å². The molecule has 0 radical (unpaired) electrons. The first-order valence-electron chi connectivity index (χ1n) is 9.75. The molecule has 9 heteroatoms. The van der Waals surface area contributed by atoms with Crippen LogP contribution in [0.4, 0.5) is 0 Å². The van der Waals surface area contributed by atoms with Crippen LogP contribution in [0.5, 0.6) is 23.0 Å². The maximum absolute atomic E-state index is 12.0. The predicted molar refractivity (Wildman–Crippen MR) is 140 cm³/mol. The number of carbonyl (C=O) groups excluding carboxylic acids is 1. The van der Waals surface area contributed by atoms with Gasteiger partial charge in [-0.2, -0.15) is 0 Å². The Hall–Kier alpha value is -1.03. The van der Waals surface area contributed by atoms with Gasteiger partial charge in [-0.25, -0.2) is 4.79 Å².